The van der Waals surface area contributed by atoms with Gasteiger partial charge in [0.1, 0.15) is 11.5 Å². The molecule has 0 aliphatic carbocycles. The van der Waals surface area contributed by atoms with E-state index in [4.69, 9.17) is 5.73 Å². The van der Waals surface area contributed by atoms with E-state index in [0.717, 1.165) is 17.3 Å². The molecular formula is C24H25F3N6O2. The average Bonchev–Trinajstić information content (AvgIpc) is 3.25. The van der Waals surface area contributed by atoms with E-state index in [1.807, 2.05) is 0 Å². The maximum atomic E-state index is 13.9. The van der Waals surface area contributed by atoms with Gasteiger partial charge in [-0.25, -0.2) is 17.9 Å². The fourth-order valence-corrected chi connectivity index (χ4v) is 4.04. The largest absolute Gasteiger partial charge is 0.345 e. The highest BCUT2D eigenvalue weighted by Crippen LogP contribution is 2.26. The van der Waals surface area contributed by atoms with Crippen molar-refractivity contribution in [1.82, 2.24) is 24.8 Å². The lowest BCUT2D eigenvalue weighted by molar-refractivity contribution is -0.133. The lowest BCUT2D eigenvalue weighted by atomic mass is 10.0. The summed E-state index contributed by atoms with van der Waals surface area (Å²) in [4.78, 5) is 28.1. The summed E-state index contributed by atoms with van der Waals surface area (Å²) in [5.41, 5.74) is 8.62. The van der Waals surface area contributed by atoms with E-state index >= 15 is 0 Å². The number of hydrogen-bond donors (Lipinski definition) is 1. The maximum Gasteiger partial charge on any atom is 0.253 e. The first kappa shape index (κ1) is 24.4. The fourth-order valence-electron chi connectivity index (χ4n) is 4.04. The Hall–Kier alpha value is -3.73. The molecule has 0 fully saturated rings. The third-order valence-electron chi connectivity index (χ3n) is 5.93. The number of rotatable bonds is 6. The number of amides is 2. The SMILES string of the molecule is CN(C)C(=O)c1ccc(-c2nnn3c2CN(C(=O)C[C@H](N)Cc2cc(F)c(F)cc2F)CC3)cc1. The molecule has 1 aromatic heterocycles. The zero-order valence-corrected chi connectivity index (χ0v) is 19.3. The number of nitrogens with two attached hydrogens (primary N) is 1. The van der Waals surface area contributed by atoms with E-state index < -0.39 is 23.5 Å². The van der Waals surface area contributed by atoms with Crippen molar-refractivity contribution in [2.45, 2.75) is 32.0 Å². The summed E-state index contributed by atoms with van der Waals surface area (Å²) in [6.45, 7) is 1.10. The molecule has 0 spiro atoms. The van der Waals surface area contributed by atoms with Crippen LogP contribution in [0.15, 0.2) is 36.4 Å². The van der Waals surface area contributed by atoms with Gasteiger partial charge in [0.05, 0.1) is 18.8 Å². The predicted molar refractivity (Wildman–Crippen MR) is 122 cm³/mol. The molecule has 3 aromatic rings. The van der Waals surface area contributed by atoms with Gasteiger partial charge in [0.2, 0.25) is 5.91 Å². The Morgan fingerprint density at radius 3 is 2.43 bits per heavy atom. The van der Waals surface area contributed by atoms with Crippen LogP contribution in [-0.2, 0) is 24.3 Å². The number of benzene rings is 2. The topological polar surface area (TPSA) is 97.4 Å². The van der Waals surface area contributed by atoms with Gasteiger partial charge in [0, 0.05) is 50.3 Å². The molecule has 1 aliphatic rings. The van der Waals surface area contributed by atoms with Crippen molar-refractivity contribution in [3.05, 3.63) is 70.7 Å². The molecule has 2 aromatic carbocycles. The Bertz CT molecular complexity index is 1260. The Morgan fingerprint density at radius 2 is 1.74 bits per heavy atom. The summed E-state index contributed by atoms with van der Waals surface area (Å²) in [5, 5.41) is 8.44. The molecule has 35 heavy (non-hydrogen) atoms. The van der Waals surface area contributed by atoms with Crippen LogP contribution in [0, 0.1) is 17.5 Å². The van der Waals surface area contributed by atoms with Crippen LogP contribution in [0.5, 0.6) is 0 Å². The normalized spacial score (nSPS) is 13.9. The van der Waals surface area contributed by atoms with Crippen LogP contribution >= 0.6 is 0 Å². The molecule has 8 nitrogen and oxygen atoms in total. The number of hydrogen-bond acceptors (Lipinski definition) is 5. The zero-order valence-electron chi connectivity index (χ0n) is 19.3. The quantitative estimate of drug-likeness (QED) is 0.540. The van der Waals surface area contributed by atoms with Crippen molar-refractivity contribution < 1.29 is 22.8 Å². The number of fused-ring (bicyclic) bond motifs is 1. The molecule has 4 rings (SSSR count). The van der Waals surface area contributed by atoms with Gasteiger partial charge in [-0.05, 0) is 30.2 Å². The van der Waals surface area contributed by atoms with Crippen molar-refractivity contribution in [1.29, 1.82) is 0 Å². The molecule has 0 unspecified atom stereocenters. The van der Waals surface area contributed by atoms with Crippen molar-refractivity contribution in [3.63, 3.8) is 0 Å². The summed E-state index contributed by atoms with van der Waals surface area (Å²) in [5.74, 6) is -3.70. The van der Waals surface area contributed by atoms with Gasteiger partial charge in [0.15, 0.2) is 11.6 Å². The molecular weight excluding hydrogens is 461 g/mol. The minimum Gasteiger partial charge on any atom is -0.345 e. The minimum absolute atomic E-state index is 0.0800. The number of nitrogens with zero attached hydrogens (tertiary/aromatic N) is 5. The number of carbonyl (C=O) groups excluding carboxylic acids is 2. The van der Waals surface area contributed by atoms with Crippen LogP contribution in [0.1, 0.15) is 28.0 Å². The van der Waals surface area contributed by atoms with Crippen LogP contribution in [-0.4, -0.2) is 63.3 Å². The molecule has 2 amide bonds. The van der Waals surface area contributed by atoms with E-state index in [0.29, 0.717) is 30.4 Å². The Morgan fingerprint density at radius 1 is 1.06 bits per heavy atom. The molecule has 1 atom stereocenters. The third kappa shape index (κ3) is 5.19. The first-order valence-corrected chi connectivity index (χ1v) is 11.0. The van der Waals surface area contributed by atoms with E-state index in [-0.39, 0.29) is 36.8 Å². The Kier molecular flexibility index (Phi) is 6.88. The van der Waals surface area contributed by atoms with Crippen LogP contribution in [0.2, 0.25) is 0 Å². The molecule has 0 saturated heterocycles. The van der Waals surface area contributed by atoms with Gasteiger partial charge in [-0.3, -0.25) is 9.59 Å². The van der Waals surface area contributed by atoms with Crippen molar-refractivity contribution in [2.24, 2.45) is 5.73 Å². The summed E-state index contributed by atoms with van der Waals surface area (Å²) < 4.78 is 42.3. The second-order valence-electron chi connectivity index (χ2n) is 8.73. The molecule has 11 heteroatoms. The lowest BCUT2D eigenvalue weighted by Gasteiger charge is -2.28. The second kappa shape index (κ2) is 9.87. The van der Waals surface area contributed by atoms with Crippen molar-refractivity contribution >= 4 is 11.8 Å². The van der Waals surface area contributed by atoms with Crippen molar-refractivity contribution in [2.75, 3.05) is 20.6 Å². The van der Waals surface area contributed by atoms with E-state index in [1.54, 1.807) is 47.9 Å². The van der Waals surface area contributed by atoms with Gasteiger partial charge >= 0.3 is 0 Å². The third-order valence-corrected chi connectivity index (χ3v) is 5.93. The predicted octanol–water partition coefficient (Wildman–Crippen LogP) is 2.37. The number of aromatic nitrogens is 3. The summed E-state index contributed by atoms with van der Waals surface area (Å²) in [6, 6.07) is 7.47. The molecule has 2 N–H and O–H groups in total. The first-order chi connectivity index (χ1) is 16.6. The number of carbonyl (C=O) groups is 2. The van der Waals surface area contributed by atoms with Gasteiger partial charge in [-0.1, -0.05) is 17.3 Å². The highest BCUT2D eigenvalue weighted by atomic mass is 19.2. The summed E-state index contributed by atoms with van der Waals surface area (Å²) >= 11 is 0. The monoisotopic (exact) mass is 486 g/mol. The molecule has 184 valence electrons. The van der Waals surface area contributed by atoms with Gasteiger partial charge in [-0.2, -0.15) is 0 Å². The van der Waals surface area contributed by atoms with Crippen molar-refractivity contribution in [3.8, 4) is 11.3 Å². The van der Waals surface area contributed by atoms with Crippen LogP contribution in [0.25, 0.3) is 11.3 Å². The van der Waals surface area contributed by atoms with Gasteiger partial charge in [-0.15, -0.1) is 5.10 Å². The Labute approximate surface area is 200 Å². The standard InChI is InChI=1S/C24H25F3N6O2/c1-31(2)24(35)15-5-3-14(4-6-15)23-21-13-32(7-8-33(21)30-29-23)22(34)11-17(28)9-16-10-19(26)20(27)12-18(16)25/h3-6,10,12,17H,7-9,11,13,28H2,1-2H3/t17-/m1/s1. The van der Waals surface area contributed by atoms with Gasteiger partial charge < -0.3 is 15.5 Å². The van der Waals surface area contributed by atoms with E-state index in [9.17, 15) is 22.8 Å². The fraction of sp³-hybridized carbons (Fsp3) is 0.333. The minimum atomic E-state index is -1.27. The van der Waals surface area contributed by atoms with Crippen LogP contribution in [0.3, 0.4) is 0 Å². The zero-order chi connectivity index (χ0) is 25.3. The van der Waals surface area contributed by atoms with Crippen LogP contribution < -0.4 is 5.73 Å². The smallest absolute Gasteiger partial charge is 0.253 e. The molecule has 0 radical (unpaired) electrons. The average molecular weight is 486 g/mol. The van der Waals surface area contributed by atoms with E-state index in [2.05, 4.69) is 10.3 Å². The first-order valence-electron chi connectivity index (χ1n) is 11.0. The lowest BCUT2D eigenvalue weighted by Crippen LogP contribution is -2.41. The summed E-state index contributed by atoms with van der Waals surface area (Å²) in [6.07, 6.45) is -0.192. The van der Waals surface area contributed by atoms with Gasteiger partial charge in [0.25, 0.3) is 5.91 Å². The molecule has 0 bridgehead atoms. The highest BCUT2D eigenvalue weighted by Gasteiger charge is 2.27. The molecule has 0 saturated carbocycles. The number of halogens is 3. The molecule has 2 heterocycles. The van der Waals surface area contributed by atoms with E-state index in [1.165, 1.54) is 4.90 Å². The summed E-state index contributed by atoms with van der Waals surface area (Å²) in [7, 11) is 3.36. The second-order valence-corrected chi connectivity index (χ2v) is 8.73. The highest BCUT2D eigenvalue weighted by molar-refractivity contribution is 5.94. The molecule has 1 aliphatic heterocycles. The Balaban J connectivity index is 1.44. The van der Waals surface area contributed by atoms with Crippen LogP contribution in [0.4, 0.5) is 13.2 Å². The maximum absolute atomic E-state index is 13.9.